The van der Waals surface area contributed by atoms with Gasteiger partial charge in [-0.15, -0.1) is 11.3 Å². The lowest BCUT2D eigenvalue weighted by Gasteiger charge is -2.32. The summed E-state index contributed by atoms with van der Waals surface area (Å²) < 4.78 is 5.58. The second kappa shape index (κ2) is 12.8. The van der Waals surface area contributed by atoms with Crippen molar-refractivity contribution in [1.82, 2.24) is 40.1 Å². The molecule has 12 heteroatoms. The maximum absolute atomic E-state index is 12.6. The smallest absolute Gasteiger partial charge is 0.310 e. The molecule has 4 aromatic rings. The lowest BCUT2D eigenvalue weighted by molar-refractivity contribution is -0.152. The molecule has 0 bridgehead atoms. The highest BCUT2D eigenvalue weighted by Gasteiger charge is 2.28. The van der Waals surface area contributed by atoms with Crippen LogP contribution in [0, 0.1) is 18.8 Å². The molecule has 0 unspecified atom stereocenters. The zero-order valence-corrected chi connectivity index (χ0v) is 23.8. The first-order chi connectivity index (χ1) is 20.1. The number of piperidine rings is 1. The third-order valence-corrected chi connectivity index (χ3v) is 8.09. The monoisotopic (exact) mass is 571 g/mol. The standard InChI is InChI=1S/C29H33N9O2S/c1-19-4-2-6-23(33-19)28-32-10-8-25(37-28)35-24-7-9-31-26(36-24)12-27-34-22(18-41-27)16-38-11-3-5-21(15-38)29(39)40-17-20-13-30-14-20/h2,4,6-10,18,20-21,30H,3,5,11-17H2,1H3,(H,31,32,35,36,37)/t21-/m1/s1. The number of thiazole rings is 1. The molecule has 0 spiro atoms. The van der Waals surface area contributed by atoms with Crippen LogP contribution in [0.4, 0.5) is 11.6 Å². The minimum Gasteiger partial charge on any atom is -0.465 e. The van der Waals surface area contributed by atoms with Gasteiger partial charge in [-0.1, -0.05) is 6.07 Å². The van der Waals surface area contributed by atoms with Crippen LogP contribution in [0.1, 0.15) is 35.1 Å². The van der Waals surface area contributed by atoms with Crippen LogP contribution in [0.15, 0.2) is 48.1 Å². The number of pyridine rings is 1. The molecule has 0 aliphatic carbocycles. The summed E-state index contributed by atoms with van der Waals surface area (Å²) >= 11 is 1.61. The van der Waals surface area contributed by atoms with Gasteiger partial charge in [0.2, 0.25) is 0 Å². The van der Waals surface area contributed by atoms with Gasteiger partial charge in [0.25, 0.3) is 0 Å². The zero-order chi connectivity index (χ0) is 28.0. The van der Waals surface area contributed by atoms with Crippen molar-refractivity contribution in [2.45, 2.75) is 32.7 Å². The van der Waals surface area contributed by atoms with Crippen molar-refractivity contribution < 1.29 is 9.53 Å². The van der Waals surface area contributed by atoms with Gasteiger partial charge in [-0.3, -0.25) is 9.69 Å². The molecule has 4 aromatic heterocycles. The van der Waals surface area contributed by atoms with Gasteiger partial charge in [-0.05, 0) is 50.6 Å². The Labute approximate surface area is 242 Å². The molecule has 2 aliphatic heterocycles. The summed E-state index contributed by atoms with van der Waals surface area (Å²) in [5.41, 5.74) is 2.64. The Kier molecular flexibility index (Phi) is 8.49. The van der Waals surface area contributed by atoms with Crippen molar-refractivity contribution in [1.29, 1.82) is 0 Å². The predicted octanol–water partition coefficient (Wildman–Crippen LogP) is 3.40. The van der Waals surface area contributed by atoms with Crippen LogP contribution in [0.3, 0.4) is 0 Å². The molecule has 0 aromatic carbocycles. The van der Waals surface area contributed by atoms with E-state index in [4.69, 9.17) is 9.72 Å². The van der Waals surface area contributed by atoms with Gasteiger partial charge in [-0.25, -0.2) is 29.9 Å². The Bertz CT molecular complexity index is 1490. The molecule has 212 valence electrons. The predicted molar refractivity (Wildman–Crippen MR) is 156 cm³/mol. The number of nitrogens with one attached hydrogen (secondary N) is 2. The van der Waals surface area contributed by atoms with E-state index in [1.807, 2.05) is 31.2 Å². The first kappa shape index (κ1) is 27.3. The number of likely N-dealkylation sites (tertiary alicyclic amines) is 1. The first-order valence-corrected chi connectivity index (χ1v) is 14.8. The van der Waals surface area contributed by atoms with E-state index in [2.05, 4.69) is 45.8 Å². The van der Waals surface area contributed by atoms with Crippen LogP contribution in [0.2, 0.25) is 0 Å². The molecule has 2 fully saturated rings. The van der Waals surface area contributed by atoms with Gasteiger partial charge >= 0.3 is 5.97 Å². The Balaban J connectivity index is 1.03. The van der Waals surface area contributed by atoms with Crippen LogP contribution in [-0.4, -0.2) is 73.6 Å². The summed E-state index contributed by atoms with van der Waals surface area (Å²) in [6.45, 7) is 6.76. The zero-order valence-electron chi connectivity index (χ0n) is 23.0. The number of hydrogen-bond acceptors (Lipinski definition) is 12. The number of carbonyl (C=O) groups is 1. The van der Waals surface area contributed by atoms with Crippen molar-refractivity contribution >= 4 is 28.9 Å². The SMILES string of the molecule is Cc1cccc(-c2nccc(Nc3ccnc(Cc4nc(CN5CCC[C@@H](C(=O)OCC6CNC6)C5)cs4)n3)n2)n1. The minimum absolute atomic E-state index is 0.0578. The minimum atomic E-state index is -0.0590. The van der Waals surface area contributed by atoms with E-state index in [1.54, 1.807) is 29.8 Å². The Morgan fingerprint density at radius 1 is 1.10 bits per heavy atom. The van der Waals surface area contributed by atoms with E-state index >= 15 is 0 Å². The summed E-state index contributed by atoms with van der Waals surface area (Å²) in [5.74, 6) is 2.85. The van der Waals surface area contributed by atoms with Crippen molar-refractivity contribution in [3.8, 4) is 11.5 Å². The van der Waals surface area contributed by atoms with E-state index in [0.29, 0.717) is 42.2 Å². The molecule has 6 heterocycles. The lowest BCUT2D eigenvalue weighted by Crippen LogP contribution is -2.45. The van der Waals surface area contributed by atoms with E-state index in [-0.39, 0.29) is 11.9 Å². The van der Waals surface area contributed by atoms with Crippen LogP contribution < -0.4 is 10.6 Å². The average molecular weight is 572 g/mol. The van der Waals surface area contributed by atoms with E-state index in [0.717, 1.165) is 67.7 Å². The maximum Gasteiger partial charge on any atom is 0.310 e. The highest BCUT2D eigenvalue weighted by molar-refractivity contribution is 7.09. The third kappa shape index (κ3) is 7.26. The van der Waals surface area contributed by atoms with Gasteiger partial charge in [0.05, 0.1) is 24.6 Å². The highest BCUT2D eigenvalue weighted by atomic mass is 32.1. The topological polar surface area (TPSA) is 131 Å². The molecule has 11 nitrogen and oxygen atoms in total. The third-order valence-electron chi connectivity index (χ3n) is 7.20. The summed E-state index contributed by atoms with van der Waals surface area (Å²) in [6.07, 6.45) is 5.85. The number of rotatable bonds is 10. The van der Waals surface area contributed by atoms with Gasteiger partial charge in [0.15, 0.2) is 5.82 Å². The summed E-state index contributed by atoms with van der Waals surface area (Å²) in [6, 6.07) is 9.38. The number of nitrogens with zero attached hydrogens (tertiary/aromatic N) is 7. The van der Waals surface area contributed by atoms with Gasteiger partial charge in [-0.2, -0.15) is 0 Å². The number of aromatic nitrogens is 6. The first-order valence-electron chi connectivity index (χ1n) is 14.0. The molecule has 2 aliphatic rings. The van der Waals surface area contributed by atoms with Gasteiger partial charge < -0.3 is 15.4 Å². The van der Waals surface area contributed by atoms with Crippen LogP contribution in [-0.2, 0) is 22.5 Å². The van der Waals surface area contributed by atoms with E-state index in [9.17, 15) is 4.79 Å². The fourth-order valence-corrected chi connectivity index (χ4v) is 5.73. The fourth-order valence-electron chi connectivity index (χ4n) is 4.95. The van der Waals surface area contributed by atoms with Crippen molar-refractivity contribution in [3.05, 3.63) is 70.3 Å². The van der Waals surface area contributed by atoms with Gasteiger partial charge in [0, 0.05) is 55.6 Å². The van der Waals surface area contributed by atoms with Crippen molar-refractivity contribution in [2.24, 2.45) is 11.8 Å². The van der Waals surface area contributed by atoms with Gasteiger partial charge in [0.1, 0.15) is 28.2 Å². The molecular weight excluding hydrogens is 538 g/mol. The maximum atomic E-state index is 12.6. The fraction of sp³-hybridized carbons (Fsp3) is 0.414. The number of anilines is 2. The highest BCUT2D eigenvalue weighted by Crippen LogP contribution is 2.22. The Morgan fingerprint density at radius 3 is 2.78 bits per heavy atom. The Hall–Kier alpha value is -3.87. The Morgan fingerprint density at radius 2 is 1.95 bits per heavy atom. The summed E-state index contributed by atoms with van der Waals surface area (Å²) in [4.78, 5) is 42.3. The van der Waals surface area contributed by atoms with E-state index in [1.165, 1.54) is 0 Å². The second-order valence-corrected chi connectivity index (χ2v) is 11.5. The number of hydrogen-bond donors (Lipinski definition) is 2. The largest absolute Gasteiger partial charge is 0.465 e. The normalized spacial score (nSPS) is 17.6. The molecule has 41 heavy (non-hydrogen) atoms. The van der Waals surface area contributed by atoms with Crippen molar-refractivity contribution in [2.75, 3.05) is 38.1 Å². The molecule has 0 saturated carbocycles. The van der Waals surface area contributed by atoms with Crippen LogP contribution >= 0.6 is 11.3 Å². The quantitative estimate of drug-likeness (QED) is 0.272. The number of esters is 1. The summed E-state index contributed by atoms with van der Waals surface area (Å²) in [7, 11) is 0. The molecule has 0 radical (unpaired) electrons. The van der Waals surface area contributed by atoms with Crippen LogP contribution in [0.25, 0.3) is 11.5 Å². The van der Waals surface area contributed by atoms with E-state index < -0.39 is 0 Å². The number of aryl methyl sites for hydroxylation is 1. The molecule has 6 rings (SSSR count). The second-order valence-electron chi connectivity index (χ2n) is 10.6. The number of ether oxygens (including phenoxy) is 1. The average Bonchev–Trinajstić information content (AvgIpc) is 3.39. The lowest BCUT2D eigenvalue weighted by atomic mass is 9.98. The van der Waals surface area contributed by atoms with Crippen LogP contribution in [0.5, 0.6) is 0 Å². The van der Waals surface area contributed by atoms with Crippen molar-refractivity contribution in [3.63, 3.8) is 0 Å². The number of carbonyl (C=O) groups excluding carboxylic acids is 1. The molecule has 1 atom stereocenters. The summed E-state index contributed by atoms with van der Waals surface area (Å²) in [5, 5.41) is 9.51. The molecule has 0 amide bonds. The molecule has 2 N–H and O–H groups in total. The molecule has 2 saturated heterocycles. The molecular formula is C29H33N9O2S.